The summed E-state index contributed by atoms with van der Waals surface area (Å²) in [4.78, 5) is 29.3. The minimum Gasteiger partial charge on any atom is -0.383 e. The molecule has 0 radical (unpaired) electrons. The number of halogens is 2. The van der Waals surface area contributed by atoms with Crippen LogP contribution in [0.25, 0.3) is 0 Å². The van der Waals surface area contributed by atoms with Gasteiger partial charge in [0.2, 0.25) is 0 Å². The highest BCUT2D eigenvalue weighted by Crippen LogP contribution is 2.26. The number of nitrogens with zero attached hydrogens (tertiary/aromatic N) is 2. The van der Waals surface area contributed by atoms with Crippen LogP contribution in [0.3, 0.4) is 0 Å². The number of amides is 3. The fourth-order valence-corrected chi connectivity index (χ4v) is 3.72. The summed E-state index contributed by atoms with van der Waals surface area (Å²) in [5.41, 5.74) is 2.96. The maximum absolute atomic E-state index is 13.6. The summed E-state index contributed by atoms with van der Waals surface area (Å²) in [6.07, 6.45) is 0. The number of hydrogen-bond acceptors (Lipinski definition) is 4. The summed E-state index contributed by atoms with van der Waals surface area (Å²) in [6.45, 7) is 0.853. The van der Waals surface area contributed by atoms with Crippen LogP contribution in [0.2, 0.25) is 5.02 Å². The number of urea groups is 1. The van der Waals surface area contributed by atoms with Gasteiger partial charge in [0.15, 0.2) is 0 Å². The third-order valence-corrected chi connectivity index (χ3v) is 5.56. The fraction of sp³-hybridized carbons (Fsp3) is 0.231. The van der Waals surface area contributed by atoms with E-state index in [2.05, 4.69) is 10.6 Å². The Morgan fingerprint density at radius 2 is 1.71 bits per heavy atom. The topological polar surface area (TPSA) is 73.9 Å². The number of carbonyl (C=O) groups is 2. The quantitative estimate of drug-likeness (QED) is 0.410. The Hall–Kier alpha value is -3.62. The summed E-state index contributed by atoms with van der Waals surface area (Å²) in [5.74, 6) is -0.776. The summed E-state index contributed by atoms with van der Waals surface area (Å²) in [6, 6.07) is 17.6. The largest absolute Gasteiger partial charge is 0.383 e. The molecule has 0 fully saturated rings. The van der Waals surface area contributed by atoms with Gasteiger partial charge < -0.3 is 25.2 Å². The molecule has 0 bridgehead atoms. The van der Waals surface area contributed by atoms with Gasteiger partial charge in [0.05, 0.1) is 17.2 Å². The second-order valence-corrected chi connectivity index (χ2v) is 8.43. The van der Waals surface area contributed by atoms with Crippen molar-refractivity contribution < 1.29 is 18.7 Å². The Morgan fingerprint density at radius 1 is 0.971 bits per heavy atom. The Balaban J connectivity index is 1.85. The zero-order chi connectivity index (χ0) is 25.4. The van der Waals surface area contributed by atoms with Crippen LogP contribution in [-0.4, -0.2) is 51.2 Å². The van der Waals surface area contributed by atoms with Crippen LogP contribution in [0.1, 0.15) is 15.9 Å². The fourth-order valence-electron chi connectivity index (χ4n) is 3.50. The van der Waals surface area contributed by atoms with Crippen LogP contribution in [-0.2, 0) is 11.3 Å². The van der Waals surface area contributed by atoms with Crippen molar-refractivity contribution in [3.05, 3.63) is 88.7 Å². The average Bonchev–Trinajstić information content (AvgIpc) is 2.81. The van der Waals surface area contributed by atoms with Gasteiger partial charge in [0, 0.05) is 51.4 Å². The van der Waals surface area contributed by atoms with E-state index in [1.165, 1.54) is 18.2 Å². The number of ether oxygens (including phenoxy) is 1. The first-order chi connectivity index (χ1) is 16.8. The Labute approximate surface area is 209 Å². The van der Waals surface area contributed by atoms with Crippen molar-refractivity contribution in [3.8, 4) is 0 Å². The lowest BCUT2D eigenvalue weighted by molar-refractivity contribution is 0.102. The van der Waals surface area contributed by atoms with Crippen LogP contribution < -0.4 is 15.5 Å². The molecule has 0 saturated heterocycles. The number of hydrogen-bond donors (Lipinski definition) is 2. The smallest absolute Gasteiger partial charge is 0.322 e. The van der Waals surface area contributed by atoms with Gasteiger partial charge in [0.1, 0.15) is 5.82 Å². The van der Waals surface area contributed by atoms with Crippen LogP contribution in [0, 0.1) is 5.82 Å². The van der Waals surface area contributed by atoms with E-state index in [1.54, 1.807) is 48.4 Å². The van der Waals surface area contributed by atoms with Crippen molar-refractivity contribution in [3.63, 3.8) is 0 Å². The maximum Gasteiger partial charge on any atom is 0.322 e. The van der Waals surface area contributed by atoms with Crippen molar-refractivity contribution in [2.75, 3.05) is 49.9 Å². The number of nitrogens with one attached hydrogen (secondary N) is 2. The first kappa shape index (κ1) is 26.0. The maximum atomic E-state index is 13.6. The van der Waals surface area contributed by atoms with E-state index in [0.717, 1.165) is 11.3 Å². The Morgan fingerprint density at radius 3 is 2.40 bits per heavy atom. The number of rotatable bonds is 9. The van der Waals surface area contributed by atoms with Crippen molar-refractivity contribution in [2.24, 2.45) is 0 Å². The average molecular weight is 499 g/mol. The van der Waals surface area contributed by atoms with E-state index in [0.29, 0.717) is 35.1 Å². The number of benzene rings is 3. The summed E-state index contributed by atoms with van der Waals surface area (Å²) >= 11 is 6.16. The lowest BCUT2D eigenvalue weighted by atomic mass is 10.1. The molecule has 3 aromatic carbocycles. The predicted octanol–water partition coefficient (Wildman–Crippen LogP) is 5.48. The van der Waals surface area contributed by atoms with Crippen molar-refractivity contribution in [1.82, 2.24) is 4.90 Å². The molecule has 3 aromatic rings. The summed E-state index contributed by atoms with van der Waals surface area (Å²) in [7, 11) is 5.35. The van der Waals surface area contributed by atoms with E-state index in [1.807, 2.05) is 31.1 Å². The van der Waals surface area contributed by atoms with Gasteiger partial charge in [-0.05, 0) is 54.1 Å². The van der Waals surface area contributed by atoms with Crippen molar-refractivity contribution in [2.45, 2.75) is 6.54 Å². The van der Waals surface area contributed by atoms with Gasteiger partial charge in [-0.3, -0.25) is 4.79 Å². The van der Waals surface area contributed by atoms with Gasteiger partial charge in [-0.1, -0.05) is 29.8 Å². The number of anilines is 3. The van der Waals surface area contributed by atoms with Crippen LogP contribution in [0.15, 0.2) is 66.7 Å². The highest BCUT2D eigenvalue weighted by atomic mass is 35.5. The molecule has 9 heteroatoms. The molecular weight excluding hydrogens is 471 g/mol. The highest BCUT2D eigenvalue weighted by molar-refractivity contribution is 6.34. The number of carbonyl (C=O) groups excluding carboxylic acids is 2. The Kier molecular flexibility index (Phi) is 9.05. The van der Waals surface area contributed by atoms with Gasteiger partial charge in [-0.2, -0.15) is 0 Å². The lowest BCUT2D eigenvalue weighted by Crippen LogP contribution is -2.37. The van der Waals surface area contributed by atoms with Gasteiger partial charge >= 0.3 is 6.03 Å². The van der Waals surface area contributed by atoms with Gasteiger partial charge in [-0.15, -0.1) is 0 Å². The zero-order valence-corrected chi connectivity index (χ0v) is 20.6. The SMILES string of the molecule is COCCN(Cc1cc(NC(=O)c2ccccc2Cl)ccc1N(C)C)C(=O)Nc1cccc(F)c1. The second kappa shape index (κ2) is 12.2. The molecule has 0 atom stereocenters. The van der Waals surface area contributed by atoms with E-state index < -0.39 is 11.8 Å². The molecule has 7 nitrogen and oxygen atoms in total. The monoisotopic (exact) mass is 498 g/mol. The molecule has 3 amide bonds. The molecule has 0 saturated carbocycles. The van der Waals surface area contributed by atoms with Crippen LogP contribution >= 0.6 is 11.6 Å². The standard InChI is InChI=1S/C26H28ClFN4O3/c1-31(2)24-12-11-21(29-25(33)22-9-4-5-10-23(22)27)15-18(24)17-32(13-14-35-3)26(34)30-20-8-6-7-19(28)16-20/h4-12,15-16H,13-14,17H2,1-3H3,(H,29,33)(H,30,34). The molecule has 3 rings (SSSR count). The normalized spacial score (nSPS) is 10.5. The summed E-state index contributed by atoms with van der Waals surface area (Å²) in [5, 5.41) is 5.96. The molecule has 0 heterocycles. The minimum atomic E-state index is -0.442. The molecule has 0 aliphatic heterocycles. The molecule has 35 heavy (non-hydrogen) atoms. The van der Waals surface area contributed by atoms with Crippen LogP contribution in [0.5, 0.6) is 0 Å². The van der Waals surface area contributed by atoms with Crippen LogP contribution in [0.4, 0.5) is 26.2 Å². The molecule has 0 aliphatic rings. The van der Waals surface area contributed by atoms with Gasteiger partial charge in [0.25, 0.3) is 5.91 Å². The first-order valence-electron chi connectivity index (χ1n) is 10.9. The molecule has 0 aliphatic carbocycles. The third kappa shape index (κ3) is 7.18. The number of methoxy groups -OCH3 is 1. The molecule has 0 unspecified atom stereocenters. The molecule has 184 valence electrons. The zero-order valence-electron chi connectivity index (χ0n) is 19.8. The second-order valence-electron chi connectivity index (χ2n) is 8.03. The molecule has 0 aromatic heterocycles. The van der Waals surface area contributed by atoms with E-state index in [9.17, 15) is 14.0 Å². The Bertz CT molecular complexity index is 1190. The van der Waals surface area contributed by atoms with E-state index in [4.69, 9.17) is 16.3 Å². The highest BCUT2D eigenvalue weighted by Gasteiger charge is 2.18. The molecule has 2 N–H and O–H groups in total. The van der Waals surface area contributed by atoms with Crippen molar-refractivity contribution >= 4 is 40.6 Å². The lowest BCUT2D eigenvalue weighted by Gasteiger charge is -2.26. The van der Waals surface area contributed by atoms with E-state index in [-0.39, 0.29) is 12.5 Å². The predicted molar refractivity (Wildman–Crippen MR) is 138 cm³/mol. The summed E-state index contributed by atoms with van der Waals surface area (Å²) < 4.78 is 18.8. The van der Waals surface area contributed by atoms with Crippen molar-refractivity contribution in [1.29, 1.82) is 0 Å². The third-order valence-electron chi connectivity index (χ3n) is 5.23. The molecule has 0 spiro atoms. The van der Waals surface area contributed by atoms with Gasteiger partial charge in [-0.25, -0.2) is 9.18 Å². The van der Waals surface area contributed by atoms with E-state index >= 15 is 0 Å². The minimum absolute atomic E-state index is 0.230. The first-order valence-corrected chi connectivity index (χ1v) is 11.3. The molecular formula is C26H28ClFN4O3.